The zero-order valence-electron chi connectivity index (χ0n) is 12.8. The molecular weight excluding hydrogens is 265 g/mol. The summed E-state index contributed by atoms with van der Waals surface area (Å²) in [6, 6.07) is 0. The van der Waals surface area contributed by atoms with Crippen LogP contribution >= 0.6 is 0 Å². The Kier molecular flexibility index (Phi) is 12.8. The Hall–Kier alpha value is -0.720. The first-order valence-corrected chi connectivity index (χ1v) is 7.25. The standard InChI is InChI=1S/C14H28FNO4/c1-4-6-8-19-11-13(17)14(20-9-7-5-2)12(15)10-16-18-3/h10,12-14,17H,4-9,11H2,1-3H3/b16-10+/t12-,13-,14+/m1/s1. The maximum atomic E-state index is 13.9. The minimum atomic E-state index is -1.53. The van der Waals surface area contributed by atoms with Crippen molar-refractivity contribution in [3.8, 4) is 0 Å². The molecule has 0 spiro atoms. The topological polar surface area (TPSA) is 60.3 Å². The normalized spacial score (nSPS) is 16.2. The Morgan fingerprint density at radius 3 is 2.45 bits per heavy atom. The molecule has 120 valence electrons. The van der Waals surface area contributed by atoms with Crippen LogP contribution in [0.5, 0.6) is 0 Å². The van der Waals surface area contributed by atoms with Crippen molar-refractivity contribution in [3.05, 3.63) is 0 Å². The molecule has 0 heterocycles. The smallest absolute Gasteiger partial charge is 0.167 e. The molecule has 0 saturated carbocycles. The van der Waals surface area contributed by atoms with Crippen molar-refractivity contribution in [3.63, 3.8) is 0 Å². The van der Waals surface area contributed by atoms with E-state index in [9.17, 15) is 9.50 Å². The maximum absolute atomic E-state index is 13.9. The van der Waals surface area contributed by atoms with E-state index in [0.29, 0.717) is 13.2 Å². The van der Waals surface area contributed by atoms with E-state index in [1.165, 1.54) is 7.11 Å². The van der Waals surface area contributed by atoms with E-state index in [2.05, 4.69) is 16.9 Å². The molecule has 0 aromatic heterocycles. The van der Waals surface area contributed by atoms with Gasteiger partial charge in [-0.15, -0.1) is 0 Å². The second kappa shape index (κ2) is 13.3. The first-order chi connectivity index (χ1) is 9.67. The number of halogens is 1. The third-order valence-corrected chi connectivity index (χ3v) is 2.74. The Labute approximate surface area is 121 Å². The van der Waals surface area contributed by atoms with Crippen LogP contribution in [-0.2, 0) is 14.3 Å². The van der Waals surface area contributed by atoms with Crippen LogP contribution in [0, 0.1) is 0 Å². The van der Waals surface area contributed by atoms with Gasteiger partial charge in [0, 0.05) is 13.2 Å². The lowest BCUT2D eigenvalue weighted by atomic mass is 10.1. The number of nitrogens with zero attached hydrogens (tertiary/aromatic N) is 1. The SMILES string of the molecule is CCCCOC[C@@H](O)[C@@H](OCCCC)[C@H](F)/C=N/OC. The van der Waals surface area contributed by atoms with Gasteiger partial charge in [-0.1, -0.05) is 31.8 Å². The third kappa shape index (κ3) is 9.23. The fraction of sp³-hybridized carbons (Fsp3) is 0.929. The lowest BCUT2D eigenvalue weighted by Gasteiger charge is -2.24. The monoisotopic (exact) mass is 293 g/mol. The van der Waals surface area contributed by atoms with Gasteiger partial charge >= 0.3 is 0 Å². The van der Waals surface area contributed by atoms with E-state index in [1.807, 2.05) is 6.92 Å². The fourth-order valence-corrected chi connectivity index (χ4v) is 1.53. The first-order valence-electron chi connectivity index (χ1n) is 7.25. The number of hydrogen-bond donors (Lipinski definition) is 1. The van der Waals surface area contributed by atoms with Gasteiger partial charge in [-0.2, -0.15) is 0 Å². The fourth-order valence-electron chi connectivity index (χ4n) is 1.53. The molecular formula is C14H28FNO4. The number of aliphatic hydroxyl groups excluding tert-OH is 1. The van der Waals surface area contributed by atoms with Crippen molar-refractivity contribution in [1.82, 2.24) is 0 Å². The van der Waals surface area contributed by atoms with E-state index >= 15 is 0 Å². The van der Waals surface area contributed by atoms with Gasteiger partial charge < -0.3 is 19.4 Å². The summed E-state index contributed by atoms with van der Waals surface area (Å²) >= 11 is 0. The minimum Gasteiger partial charge on any atom is -0.399 e. The van der Waals surface area contributed by atoms with Crippen LogP contribution in [0.25, 0.3) is 0 Å². The van der Waals surface area contributed by atoms with Crippen LogP contribution in [0.15, 0.2) is 5.16 Å². The number of unbranched alkanes of at least 4 members (excludes halogenated alkanes) is 2. The molecule has 0 amide bonds. The van der Waals surface area contributed by atoms with Crippen LogP contribution in [0.4, 0.5) is 4.39 Å². The molecule has 1 N–H and O–H groups in total. The average molecular weight is 293 g/mol. The lowest BCUT2D eigenvalue weighted by molar-refractivity contribution is -0.0899. The van der Waals surface area contributed by atoms with Crippen LogP contribution < -0.4 is 0 Å². The molecule has 20 heavy (non-hydrogen) atoms. The number of aliphatic hydroxyl groups is 1. The Bertz CT molecular complexity index is 241. The molecule has 3 atom stereocenters. The van der Waals surface area contributed by atoms with Crippen LogP contribution in [0.3, 0.4) is 0 Å². The molecule has 0 aliphatic heterocycles. The largest absolute Gasteiger partial charge is 0.399 e. The average Bonchev–Trinajstić information content (AvgIpc) is 2.45. The predicted molar refractivity (Wildman–Crippen MR) is 76.8 cm³/mol. The molecule has 0 aromatic rings. The Balaban J connectivity index is 4.28. The highest BCUT2D eigenvalue weighted by molar-refractivity contribution is 5.63. The van der Waals surface area contributed by atoms with E-state index in [1.54, 1.807) is 0 Å². The zero-order chi connectivity index (χ0) is 15.2. The highest BCUT2D eigenvalue weighted by Gasteiger charge is 2.28. The number of rotatable bonds is 13. The van der Waals surface area contributed by atoms with Crippen LogP contribution in [-0.4, -0.2) is 56.6 Å². The maximum Gasteiger partial charge on any atom is 0.167 e. The van der Waals surface area contributed by atoms with Crippen LogP contribution in [0.2, 0.25) is 0 Å². The zero-order valence-corrected chi connectivity index (χ0v) is 12.8. The minimum absolute atomic E-state index is 0.0536. The molecule has 0 aliphatic rings. The van der Waals surface area contributed by atoms with Gasteiger partial charge in [-0.3, -0.25) is 0 Å². The number of alkyl halides is 1. The summed E-state index contributed by atoms with van der Waals surface area (Å²) in [4.78, 5) is 4.44. The summed E-state index contributed by atoms with van der Waals surface area (Å²) in [5.41, 5.74) is 0. The van der Waals surface area contributed by atoms with Gasteiger partial charge in [-0.05, 0) is 12.8 Å². The van der Waals surface area contributed by atoms with Crippen molar-refractivity contribution < 1.29 is 23.8 Å². The molecule has 0 rings (SSSR count). The predicted octanol–water partition coefficient (Wildman–Crippen LogP) is 2.32. The van der Waals surface area contributed by atoms with Crippen molar-refractivity contribution in [1.29, 1.82) is 0 Å². The molecule has 0 unspecified atom stereocenters. The van der Waals surface area contributed by atoms with Crippen molar-refractivity contribution in [2.75, 3.05) is 26.9 Å². The highest BCUT2D eigenvalue weighted by Crippen LogP contribution is 2.10. The molecule has 0 aromatic carbocycles. The van der Waals surface area contributed by atoms with Crippen molar-refractivity contribution in [2.45, 2.75) is 57.9 Å². The molecule has 0 aliphatic carbocycles. The lowest BCUT2D eigenvalue weighted by Crippen LogP contribution is -2.41. The van der Waals surface area contributed by atoms with E-state index < -0.39 is 18.4 Å². The van der Waals surface area contributed by atoms with Crippen LogP contribution in [0.1, 0.15) is 39.5 Å². The second-order valence-corrected chi connectivity index (χ2v) is 4.57. The molecule has 0 fully saturated rings. The third-order valence-electron chi connectivity index (χ3n) is 2.74. The highest BCUT2D eigenvalue weighted by atomic mass is 19.1. The number of oxime groups is 1. The van der Waals surface area contributed by atoms with E-state index in [4.69, 9.17) is 9.47 Å². The first kappa shape index (κ1) is 19.3. The van der Waals surface area contributed by atoms with Crippen molar-refractivity contribution in [2.24, 2.45) is 5.16 Å². The van der Waals surface area contributed by atoms with Gasteiger partial charge in [0.25, 0.3) is 0 Å². The van der Waals surface area contributed by atoms with Gasteiger partial charge in [0.2, 0.25) is 0 Å². The van der Waals surface area contributed by atoms with Crippen molar-refractivity contribution >= 4 is 6.21 Å². The summed E-state index contributed by atoms with van der Waals surface area (Å²) in [5.74, 6) is 0. The Morgan fingerprint density at radius 1 is 1.20 bits per heavy atom. The van der Waals surface area contributed by atoms with Gasteiger partial charge in [0.15, 0.2) is 6.17 Å². The quantitative estimate of drug-likeness (QED) is 0.322. The summed E-state index contributed by atoms with van der Waals surface area (Å²) in [5, 5.41) is 13.4. The van der Waals surface area contributed by atoms with Gasteiger partial charge in [0.05, 0.1) is 12.8 Å². The second-order valence-electron chi connectivity index (χ2n) is 4.57. The molecule has 0 radical (unpaired) electrons. The van der Waals surface area contributed by atoms with Gasteiger partial charge in [0.1, 0.15) is 19.3 Å². The van der Waals surface area contributed by atoms with Gasteiger partial charge in [-0.25, -0.2) is 4.39 Å². The van der Waals surface area contributed by atoms with E-state index in [-0.39, 0.29) is 6.61 Å². The molecule has 6 heteroatoms. The number of hydrogen-bond acceptors (Lipinski definition) is 5. The summed E-state index contributed by atoms with van der Waals surface area (Å²) in [7, 11) is 1.33. The molecule has 5 nitrogen and oxygen atoms in total. The summed E-state index contributed by atoms with van der Waals surface area (Å²) in [6.45, 7) is 5.07. The summed E-state index contributed by atoms with van der Waals surface area (Å²) < 4.78 is 24.7. The number of ether oxygens (including phenoxy) is 2. The van der Waals surface area contributed by atoms with E-state index in [0.717, 1.165) is 31.9 Å². The summed E-state index contributed by atoms with van der Waals surface area (Å²) in [6.07, 6.45) is 1.14. The molecule has 0 saturated heterocycles. The molecule has 0 bridgehead atoms. The Morgan fingerprint density at radius 2 is 1.85 bits per heavy atom.